The minimum Gasteiger partial charge on any atom is -0.399 e. The van der Waals surface area contributed by atoms with Gasteiger partial charge in [0.05, 0.1) is 6.10 Å². The lowest BCUT2D eigenvalue weighted by Crippen LogP contribution is -2.30. The summed E-state index contributed by atoms with van der Waals surface area (Å²) >= 11 is 0. The third-order valence-electron chi connectivity index (χ3n) is 4.74. The molecule has 0 bridgehead atoms. The van der Waals surface area contributed by atoms with Crippen molar-refractivity contribution >= 4 is 5.69 Å². The second-order valence-electron chi connectivity index (χ2n) is 5.88. The fourth-order valence-corrected chi connectivity index (χ4v) is 3.13. The van der Waals surface area contributed by atoms with Crippen LogP contribution in [0.5, 0.6) is 0 Å². The minimum atomic E-state index is -0.437. The number of hydrogen-bond acceptors (Lipinski definition) is 3. The minimum absolute atomic E-state index is 0.437. The second-order valence-corrected chi connectivity index (χ2v) is 5.88. The first kappa shape index (κ1) is 14.4. The average Bonchev–Trinajstić information content (AvgIpc) is 2.83. The van der Waals surface area contributed by atoms with Gasteiger partial charge in [-0.25, -0.2) is 0 Å². The third-order valence-corrected chi connectivity index (χ3v) is 4.74. The van der Waals surface area contributed by atoms with Crippen molar-refractivity contribution in [2.24, 2.45) is 5.41 Å². The van der Waals surface area contributed by atoms with E-state index in [0.717, 1.165) is 24.3 Å². The second kappa shape index (κ2) is 5.93. The van der Waals surface area contributed by atoms with Crippen LogP contribution in [0.3, 0.4) is 0 Å². The molecule has 1 saturated heterocycles. The molecule has 1 aliphatic heterocycles. The van der Waals surface area contributed by atoms with E-state index >= 15 is 0 Å². The Bertz CT molecular complexity index is 415. The summed E-state index contributed by atoms with van der Waals surface area (Å²) in [4.78, 5) is 2.39. The van der Waals surface area contributed by atoms with Gasteiger partial charge in [-0.1, -0.05) is 26.0 Å². The highest BCUT2D eigenvalue weighted by Crippen LogP contribution is 2.37. The van der Waals surface area contributed by atoms with Crippen LogP contribution in [0.4, 0.5) is 5.69 Å². The van der Waals surface area contributed by atoms with Gasteiger partial charge in [0.15, 0.2) is 0 Å². The number of likely N-dealkylation sites (tertiary alicyclic amines) is 1. The van der Waals surface area contributed by atoms with Gasteiger partial charge in [-0.2, -0.15) is 0 Å². The van der Waals surface area contributed by atoms with Crippen LogP contribution in [-0.4, -0.2) is 29.6 Å². The van der Waals surface area contributed by atoms with Crippen molar-refractivity contribution < 1.29 is 5.11 Å². The van der Waals surface area contributed by atoms with Gasteiger partial charge < -0.3 is 10.8 Å². The number of nitrogens with two attached hydrogens (primary N) is 1. The van der Waals surface area contributed by atoms with Gasteiger partial charge in [0.1, 0.15) is 0 Å². The molecule has 19 heavy (non-hydrogen) atoms. The molecule has 1 unspecified atom stereocenters. The van der Waals surface area contributed by atoms with E-state index in [2.05, 4.69) is 18.7 Å². The van der Waals surface area contributed by atoms with E-state index in [1.54, 1.807) is 0 Å². The maximum Gasteiger partial charge on any atom is 0.0917 e. The number of hydrogen-bond donors (Lipinski definition) is 2. The van der Waals surface area contributed by atoms with Gasteiger partial charge in [-0.3, -0.25) is 4.90 Å². The highest BCUT2D eigenvalue weighted by Gasteiger charge is 2.35. The molecule has 0 radical (unpaired) electrons. The van der Waals surface area contributed by atoms with Crippen LogP contribution in [0, 0.1) is 5.41 Å². The zero-order chi connectivity index (χ0) is 13.9. The van der Waals surface area contributed by atoms with Gasteiger partial charge in [0.25, 0.3) is 0 Å². The van der Waals surface area contributed by atoms with Crippen LogP contribution in [0.2, 0.25) is 0 Å². The number of rotatable bonds is 5. The monoisotopic (exact) mass is 262 g/mol. The van der Waals surface area contributed by atoms with E-state index in [1.807, 2.05) is 24.3 Å². The maximum atomic E-state index is 10.3. The van der Waals surface area contributed by atoms with Crippen molar-refractivity contribution in [1.82, 2.24) is 4.90 Å². The predicted octanol–water partition coefficient (Wildman–Crippen LogP) is 2.81. The lowest BCUT2D eigenvalue weighted by atomic mass is 9.82. The molecule has 1 aliphatic rings. The van der Waals surface area contributed by atoms with Gasteiger partial charge >= 0.3 is 0 Å². The fourth-order valence-electron chi connectivity index (χ4n) is 3.13. The molecule has 3 heteroatoms. The summed E-state index contributed by atoms with van der Waals surface area (Å²) in [6.07, 6.45) is 3.28. The molecule has 106 valence electrons. The first-order valence-corrected chi connectivity index (χ1v) is 7.34. The molecule has 3 nitrogen and oxygen atoms in total. The van der Waals surface area contributed by atoms with Crippen LogP contribution in [-0.2, 0) is 0 Å². The van der Waals surface area contributed by atoms with Crippen LogP contribution in [0.1, 0.15) is 44.8 Å². The quantitative estimate of drug-likeness (QED) is 0.802. The Labute approximate surface area is 116 Å². The van der Waals surface area contributed by atoms with Crippen LogP contribution < -0.4 is 5.73 Å². The van der Waals surface area contributed by atoms with E-state index in [1.165, 1.54) is 19.3 Å². The molecule has 0 aliphatic carbocycles. The molecule has 1 heterocycles. The average molecular weight is 262 g/mol. The number of β-amino-alcohol motifs (C(OH)–C–C–N with tert-alkyl or cyclic N) is 1. The normalized spacial score (nSPS) is 20.6. The molecule has 0 spiro atoms. The fraction of sp³-hybridized carbons (Fsp3) is 0.625. The van der Waals surface area contributed by atoms with E-state index < -0.39 is 6.10 Å². The molecule has 1 aromatic carbocycles. The molecule has 1 aromatic rings. The topological polar surface area (TPSA) is 49.5 Å². The Morgan fingerprint density at radius 1 is 1.37 bits per heavy atom. The number of aliphatic hydroxyl groups is 1. The zero-order valence-corrected chi connectivity index (χ0v) is 12.1. The summed E-state index contributed by atoms with van der Waals surface area (Å²) in [5.74, 6) is 0. The van der Waals surface area contributed by atoms with E-state index in [4.69, 9.17) is 5.73 Å². The van der Waals surface area contributed by atoms with Gasteiger partial charge in [-0.15, -0.1) is 0 Å². The van der Waals surface area contributed by atoms with Crippen molar-refractivity contribution in [2.75, 3.05) is 25.4 Å². The number of aliphatic hydroxyl groups excluding tert-OH is 1. The summed E-state index contributed by atoms with van der Waals surface area (Å²) in [5.41, 5.74) is 7.87. The molecule has 2 rings (SSSR count). The van der Waals surface area contributed by atoms with Crippen LogP contribution >= 0.6 is 0 Å². The van der Waals surface area contributed by atoms with E-state index in [-0.39, 0.29) is 0 Å². The molecular formula is C16H26N2O. The molecule has 1 fully saturated rings. The van der Waals surface area contributed by atoms with Crippen molar-refractivity contribution in [3.05, 3.63) is 29.8 Å². The van der Waals surface area contributed by atoms with Gasteiger partial charge in [-0.05, 0) is 48.9 Å². The van der Waals surface area contributed by atoms with E-state index in [0.29, 0.717) is 12.0 Å². The molecule has 0 aromatic heterocycles. The Morgan fingerprint density at radius 3 is 2.68 bits per heavy atom. The van der Waals surface area contributed by atoms with Crippen molar-refractivity contribution in [1.29, 1.82) is 0 Å². The molecule has 0 saturated carbocycles. The Morgan fingerprint density at radius 2 is 2.11 bits per heavy atom. The van der Waals surface area contributed by atoms with Crippen molar-refractivity contribution in [3.8, 4) is 0 Å². The summed E-state index contributed by atoms with van der Waals surface area (Å²) in [6, 6.07) is 7.57. The number of benzene rings is 1. The summed E-state index contributed by atoms with van der Waals surface area (Å²) in [6.45, 7) is 7.48. The number of anilines is 1. The first-order valence-electron chi connectivity index (χ1n) is 7.34. The summed E-state index contributed by atoms with van der Waals surface area (Å²) in [5, 5.41) is 10.3. The highest BCUT2D eigenvalue weighted by molar-refractivity contribution is 5.41. The van der Waals surface area contributed by atoms with Crippen LogP contribution in [0.15, 0.2) is 24.3 Å². The molecule has 1 atom stereocenters. The SMILES string of the molecule is CCC1(CC)CCN(CC(O)c2cccc(N)c2)C1. The Kier molecular flexibility index (Phi) is 4.48. The summed E-state index contributed by atoms with van der Waals surface area (Å²) in [7, 11) is 0. The van der Waals surface area contributed by atoms with Crippen molar-refractivity contribution in [3.63, 3.8) is 0 Å². The van der Waals surface area contributed by atoms with Crippen LogP contribution in [0.25, 0.3) is 0 Å². The molecule has 3 N–H and O–H groups in total. The molecular weight excluding hydrogens is 236 g/mol. The maximum absolute atomic E-state index is 10.3. The predicted molar refractivity (Wildman–Crippen MR) is 79.9 cm³/mol. The Hall–Kier alpha value is -1.06. The first-order chi connectivity index (χ1) is 9.08. The lowest BCUT2D eigenvalue weighted by Gasteiger charge is -2.27. The standard InChI is InChI=1S/C16H26N2O/c1-3-16(4-2)8-9-18(12-16)11-15(19)13-6-5-7-14(17)10-13/h5-7,10,15,19H,3-4,8-9,11-12,17H2,1-2H3. The van der Waals surface area contributed by atoms with Gasteiger partial charge in [0, 0.05) is 18.8 Å². The summed E-state index contributed by atoms with van der Waals surface area (Å²) < 4.78 is 0. The molecule has 0 amide bonds. The number of nitrogens with zero attached hydrogens (tertiary/aromatic N) is 1. The van der Waals surface area contributed by atoms with E-state index in [9.17, 15) is 5.11 Å². The lowest BCUT2D eigenvalue weighted by molar-refractivity contribution is 0.117. The third kappa shape index (κ3) is 3.28. The smallest absolute Gasteiger partial charge is 0.0917 e. The van der Waals surface area contributed by atoms with Gasteiger partial charge in [0.2, 0.25) is 0 Å². The highest BCUT2D eigenvalue weighted by atomic mass is 16.3. The zero-order valence-electron chi connectivity index (χ0n) is 12.1. The Balaban J connectivity index is 1.95. The number of nitrogen functional groups attached to an aromatic ring is 1. The largest absolute Gasteiger partial charge is 0.399 e. The van der Waals surface area contributed by atoms with Crippen molar-refractivity contribution in [2.45, 2.75) is 39.2 Å².